The zero-order valence-electron chi connectivity index (χ0n) is 11.7. The van der Waals surface area contributed by atoms with Crippen molar-refractivity contribution in [1.29, 1.82) is 5.26 Å². The summed E-state index contributed by atoms with van der Waals surface area (Å²) in [6, 6.07) is 9.41. The number of methoxy groups -OCH3 is 1. The predicted octanol–water partition coefficient (Wildman–Crippen LogP) is 3.05. The molecule has 0 spiro atoms. The highest BCUT2D eigenvalue weighted by molar-refractivity contribution is 5.71. The number of H-pyrrole nitrogens is 1. The van der Waals surface area contributed by atoms with Crippen LogP contribution in [0.2, 0.25) is 0 Å². The number of aromatic amines is 1. The molecule has 0 aliphatic rings. The lowest BCUT2D eigenvalue weighted by molar-refractivity contribution is 0.407. The highest BCUT2D eigenvalue weighted by Gasteiger charge is 2.13. The minimum Gasteiger partial charge on any atom is -0.496 e. The molecule has 0 unspecified atom stereocenters. The number of nitrogens with zero attached hydrogens (tertiary/aromatic N) is 1. The minimum absolute atomic E-state index is 0.132. The minimum atomic E-state index is -0.369. The molecule has 0 saturated carbocycles. The summed E-state index contributed by atoms with van der Waals surface area (Å²) in [5.41, 5.74) is 2.30. The average molecular weight is 268 g/mol. The van der Waals surface area contributed by atoms with Crippen molar-refractivity contribution in [2.75, 3.05) is 7.11 Å². The summed E-state index contributed by atoms with van der Waals surface area (Å²) < 4.78 is 5.34. The van der Waals surface area contributed by atoms with Gasteiger partial charge < -0.3 is 9.72 Å². The van der Waals surface area contributed by atoms with E-state index in [4.69, 9.17) is 10.00 Å². The van der Waals surface area contributed by atoms with Crippen molar-refractivity contribution in [3.05, 3.63) is 51.9 Å². The van der Waals surface area contributed by atoms with Gasteiger partial charge in [0, 0.05) is 11.8 Å². The van der Waals surface area contributed by atoms with Crippen molar-refractivity contribution < 1.29 is 4.74 Å². The second-order valence-electron chi connectivity index (χ2n) is 4.82. The molecule has 1 N–H and O–H groups in total. The van der Waals surface area contributed by atoms with Crippen LogP contribution in [0.1, 0.15) is 30.9 Å². The third kappa shape index (κ3) is 2.43. The first-order valence-corrected chi connectivity index (χ1v) is 6.38. The van der Waals surface area contributed by atoms with Gasteiger partial charge in [-0.05, 0) is 35.2 Å². The van der Waals surface area contributed by atoms with Gasteiger partial charge in [-0.3, -0.25) is 4.79 Å². The molecule has 1 aromatic carbocycles. The number of rotatable bonds is 3. The molecule has 0 saturated heterocycles. The Labute approximate surface area is 117 Å². The van der Waals surface area contributed by atoms with Gasteiger partial charge in [0.05, 0.1) is 7.11 Å². The molecular formula is C16H16N2O2. The van der Waals surface area contributed by atoms with E-state index in [1.54, 1.807) is 19.4 Å². The van der Waals surface area contributed by atoms with E-state index >= 15 is 0 Å². The summed E-state index contributed by atoms with van der Waals surface area (Å²) in [5, 5.41) is 9.15. The molecule has 0 aliphatic carbocycles. The number of nitrogens with one attached hydrogen (secondary N) is 1. The lowest BCUT2D eigenvalue weighted by Crippen LogP contribution is -2.10. The lowest BCUT2D eigenvalue weighted by atomic mass is 9.95. The fourth-order valence-electron chi connectivity index (χ4n) is 2.18. The molecule has 0 bridgehead atoms. The highest BCUT2D eigenvalue weighted by atomic mass is 16.5. The van der Waals surface area contributed by atoms with Crippen molar-refractivity contribution in [2.45, 2.75) is 19.8 Å². The normalized spacial score (nSPS) is 10.3. The molecule has 0 fully saturated rings. The topological polar surface area (TPSA) is 65.9 Å². The fraction of sp³-hybridized carbons (Fsp3) is 0.250. The Bertz CT molecular complexity index is 724. The molecule has 0 aliphatic heterocycles. The largest absolute Gasteiger partial charge is 0.496 e. The van der Waals surface area contributed by atoms with Gasteiger partial charge in [0.15, 0.2) is 0 Å². The maximum absolute atomic E-state index is 11.7. The van der Waals surface area contributed by atoms with Crippen molar-refractivity contribution in [2.24, 2.45) is 0 Å². The van der Waals surface area contributed by atoms with Crippen LogP contribution in [0.25, 0.3) is 11.1 Å². The Morgan fingerprint density at radius 2 is 2.05 bits per heavy atom. The molecule has 2 rings (SSSR count). The number of pyridine rings is 1. The number of hydrogen-bond acceptors (Lipinski definition) is 3. The number of benzene rings is 1. The Balaban J connectivity index is 2.66. The monoisotopic (exact) mass is 268 g/mol. The summed E-state index contributed by atoms with van der Waals surface area (Å²) in [7, 11) is 1.63. The van der Waals surface area contributed by atoms with E-state index in [1.807, 2.05) is 24.3 Å². The van der Waals surface area contributed by atoms with Gasteiger partial charge >= 0.3 is 0 Å². The van der Waals surface area contributed by atoms with Crippen LogP contribution in [0.5, 0.6) is 5.75 Å². The molecule has 0 radical (unpaired) electrons. The Hall–Kier alpha value is -2.54. The zero-order chi connectivity index (χ0) is 14.7. The number of ether oxygens (including phenoxy) is 1. The molecule has 4 nitrogen and oxygen atoms in total. The molecule has 0 atom stereocenters. The van der Waals surface area contributed by atoms with Gasteiger partial charge in [-0.25, -0.2) is 0 Å². The van der Waals surface area contributed by atoms with Gasteiger partial charge in [-0.15, -0.1) is 0 Å². The van der Waals surface area contributed by atoms with Crippen molar-refractivity contribution in [3.8, 4) is 22.9 Å². The van der Waals surface area contributed by atoms with Gasteiger partial charge in [0.25, 0.3) is 5.56 Å². The highest BCUT2D eigenvalue weighted by Crippen LogP contribution is 2.31. The second kappa shape index (κ2) is 5.62. The standard InChI is InChI=1S/C16H16N2O2/c1-10(2)13-8-11(4-5-15(13)20-3)12-6-7-18-16(19)14(12)9-17/h4-8,10H,1-3H3,(H,18,19). The van der Waals surface area contributed by atoms with Crippen LogP contribution in [0.3, 0.4) is 0 Å². The van der Waals surface area contributed by atoms with E-state index in [2.05, 4.69) is 18.8 Å². The lowest BCUT2D eigenvalue weighted by Gasteiger charge is -2.14. The average Bonchev–Trinajstić information content (AvgIpc) is 2.46. The quantitative estimate of drug-likeness (QED) is 0.930. The Kier molecular flexibility index (Phi) is 3.90. The van der Waals surface area contributed by atoms with E-state index in [0.717, 1.165) is 16.9 Å². The van der Waals surface area contributed by atoms with Gasteiger partial charge in [-0.1, -0.05) is 19.9 Å². The molecule has 1 heterocycles. The van der Waals surface area contributed by atoms with Crippen molar-refractivity contribution in [1.82, 2.24) is 4.98 Å². The van der Waals surface area contributed by atoms with Gasteiger partial charge in [0.1, 0.15) is 17.4 Å². The van der Waals surface area contributed by atoms with E-state index < -0.39 is 0 Å². The maximum Gasteiger partial charge on any atom is 0.266 e. The first-order valence-electron chi connectivity index (χ1n) is 6.38. The van der Waals surface area contributed by atoms with Crippen LogP contribution < -0.4 is 10.3 Å². The number of nitriles is 1. The zero-order valence-corrected chi connectivity index (χ0v) is 11.7. The fourth-order valence-corrected chi connectivity index (χ4v) is 2.18. The molecule has 102 valence electrons. The summed E-state index contributed by atoms with van der Waals surface area (Å²) in [6.07, 6.45) is 1.55. The predicted molar refractivity (Wildman–Crippen MR) is 77.9 cm³/mol. The maximum atomic E-state index is 11.7. The van der Waals surface area contributed by atoms with E-state index in [1.165, 1.54) is 0 Å². The summed E-state index contributed by atoms with van der Waals surface area (Å²) in [5.74, 6) is 1.10. The van der Waals surface area contributed by atoms with Crippen LogP contribution in [0, 0.1) is 11.3 Å². The van der Waals surface area contributed by atoms with E-state index in [0.29, 0.717) is 5.56 Å². The van der Waals surface area contributed by atoms with Crippen LogP contribution in [0.4, 0.5) is 0 Å². The smallest absolute Gasteiger partial charge is 0.266 e. The van der Waals surface area contributed by atoms with Crippen LogP contribution in [0.15, 0.2) is 35.3 Å². The SMILES string of the molecule is COc1ccc(-c2cc[nH]c(=O)c2C#N)cc1C(C)C. The van der Waals surface area contributed by atoms with Crippen molar-refractivity contribution >= 4 is 0 Å². The molecule has 1 aromatic heterocycles. The van der Waals surface area contributed by atoms with E-state index in [9.17, 15) is 4.79 Å². The molecule has 4 heteroatoms. The first kappa shape index (κ1) is 13.9. The van der Waals surface area contributed by atoms with Gasteiger partial charge in [-0.2, -0.15) is 5.26 Å². The summed E-state index contributed by atoms with van der Waals surface area (Å²) in [4.78, 5) is 14.2. The second-order valence-corrected chi connectivity index (χ2v) is 4.82. The molecular weight excluding hydrogens is 252 g/mol. The Morgan fingerprint density at radius 3 is 2.65 bits per heavy atom. The van der Waals surface area contributed by atoms with Crippen molar-refractivity contribution in [3.63, 3.8) is 0 Å². The third-order valence-electron chi connectivity index (χ3n) is 3.24. The number of aromatic nitrogens is 1. The molecule has 20 heavy (non-hydrogen) atoms. The van der Waals surface area contributed by atoms with Gasteiger partial charge in [0.2, 0.25) is 0 Å². The summed E-state index contributed by atoms with van der Waals surface area (Å²) >= 11 is 0. The first-order chi connectivity index (χ1) is 9.58. The Morgan fingerprint density at radius 1 is 1.30 bits per heavy atom. The molecule has 2 aromatic rings. The van der Waals surface area contributed by atoms with Crippen LogP contribution in [-0.4, -0.2) is 12.1 Å². The van der Waals surface area contributed by atoms with E-state index in [-0.39, 0.29) is 17.0 Å². The third-order valence-corrected chi connectivity index (χ3v) is 3.24. The van der Waals surface area contributed by atoms with Crippen LogP contribution >= 0.6 is 0 Å². The molecule has 0 amide bonds. The van der Waals surface area contributed by atoms with Crippen LogP contribution in [-0.2, 0) is 0 Å². The summed E-state index contributed by atoms with van der Waals surface area (Å²) in [6.45, 7) is 4.15. The number of hydrogen-bond donors (Lipinski definition) is 1.